The zero-order valence-electron chi connectivity index (χ0n) is 10.2. The lowest BCUT2D eigenvalue weighted by Gasteiger charge is -2.43. The molecule has 3 N–H and O–H groups in total. The Hall–Kier alpha value is -0.730. The third-order valence-corrected chi connectivity index (χ3v) is 3.77. The van der Waals surface area contributed by atoms with Gasteiger partial charge in [0.05, 0.1) is 25.3 Å². The van der Waals surface area contributed by atoms with Crippen LogP contribution in [0.25, 0.3) is 0 Å². The van der Waals surface area contributed by atoms with Gasteiger partial charge in [-0.25, -0.2) is 0 Å². The fourth-order valence-electron chi connectivity index (χ4n) is 2.97. The van der Waals surface area contributed by atoms with Crippen LogP contribution in [0.3, 0.4) is 0 Å². The van der Waals surface area contributed by atoms with E-state index in [4.69, 9.17) is 19.7 Å². The summed E-state index contributed by atoms with van der Waals surface area (Å²) in [5.74, 6) is -1.04. The summed E-state index contributed by atoms with van der Waals surface area (Å²) >= 11 is 0. The molecule has 2 fully saturated rings. The average molecular weight is 261 g/mol. The maximum atomic E-state index is 10.8. The van der Waals surface area contributed by atoms with E-state index in [0.29, 0.717) is 13.0 Å². The van der Waals surface area contributed by atoms with E-state index in [1.807, 2.05) is 0 Å². The van der Waals surface area contributed by atoms with Gasteiger partial charge in [-0.2, -0.15) is 0 Å². The lowest BCUT2D eigenvalue weighted by molar-refractivity contribution is -0.257. The molecule has 104 valence electrons. The van der Waals surface area contributed by atoms with Gasteiger partial charge in [-0.1, -0.05) is 0 Å². The van der Waals surface area contributed by atoms with Crippen molar-refractivity contribution >= 4 is 5.97 Å². The molecule has 0 bridgehead atoms. The lowest BCUT2D eigenvalue weighted by Crippen LogP contribution is -2.58. The molecule has 0 spiro atoms. The highest BCUT2D eigenvalue weighted by Gasteiger charge is 2.51. The number of fused-ring (bicyclic) bond motifs is 1. The summed E-state index contributed by atoms with van der Waals surface area (Å²) < 4.78 is 10.7. The third kappa shape index (κ3) is 2.36. The van der Waals surface area contributed by atoms with Crippen LogP contribution in [0.15, 0.2) is 0 Å². The molecule has 2 aliphatic heterocycles. The molecule has 0 unspecified atom stereocenters. The van der Waals surface area contributed by atoms with E-state index < -0.39 is 24.5 Å². The van der Waals surface area contributed by atoms with Crippen LogP contribution in [0, 0.1) is 5.92 Å². The predicted octanol–water partition coefficient (Wildman–Crippen LogP) is -1.51. The van der Waals surface area contributed by atoms with E-state index in [2.05, 4.69) is 0 Å². The zero-order valence-corrected chi connectivity index (χ0v) is 10.2. The molecule has 0 aromatic rings. The monoisotopic (exact) mass is 261 g/mol. The Morgan fingerprint density at radius 3 is 2.83 bits per heavy atom. The number of nitrogens with zero attached hydrogens (tertiary/aromatic N) is 1. The highest BCUT2D eigenvalue weighted by Crippen LogP contribution is 2.37. The van der Waals surface area contributed by atoms with Gasteiger partial charge in [0.2, 0.25) is 0 Å². The number of rotatable bonds is 4. The van der Waals surface area contributed by atoms with Crippen LogP contribution in [0.5, 0.6) is 0 Å². The standard InChI is InChI=1S/C11H19NO6/c1-17-11-9-6(10(16)7(5-13)18-11)2-3-12(9)4-8(14)15/h6-7,9-11,13,16H,2-5H2,1H3,(H,14,15)/t6-,7-,9+,10+,11+/m1/s1. The Morgan fingerprint density at radius 2 is 2.28 bits per heavy atom. The van der Waals surface area contributed by atoms with Gasteiger partial charge in [0, 0.05) is 13.0 Å². The van der Waals surface area contributed by atoms with E-state index in [9.17, 15) is 9.90 Å². The van der Waals surface area contributed by atoms with Crippen molar-refractivity contribution in [2.24, 2.45) is 5.92 Å². The lowest BCUT2D eigenvalue weighted by atomic mass is 9.87. The number of aliphatic hydroxyl groups excluding tert-OH is 2. The minimum Gasteiger partial charge on any atom is -0.480 e. The Kier molecular flexibility index (Phi) is 4.18. The second-order valence-electron chi connectivity index (χ2n) is 4.76. The Balaban J connectivity index is 2.14. The summed E-state index contributed by atoms with van der Waals surface area (Å²) in [6.07, 6.45) is -1.39. The van der Waals surface area contributed by atoms with Crippen molar-refractivity contribution in [3.63, 3.8) is 0 Å². The molecule has 0 aromatic carbocycles. The molecule has 2 rings (SSSR count). The van der Waals surface area contributed by atoms with Gasteiger partial charge in [-0.15, -0.1) is 0 Å². The van der Waals surface area contributed by atoms with Gasteiger partial charge in [0.15, 0.2) is 6.29 Å². The number of carboxylic acid groups (broad SMARTS) is 1. The van der Waals surface area contributed by atoms with E-state index >= 15 is 0 Å². The first kappa shape index (κ1) is 13.7. The number of hydrogen-bond donors (Lipinski definition) is 3. The Labute approximate surface area is 105 Å². The topological polar surface area (TPSA) is 99.5 Å². The number of carboxylic acids is 1. The molecule has 0 aliphatic carbocycles. The SMILES string of the molecule is CO[C@H]1O[C@H](CO)[C@@H](O)[C@@H]2CCN(CC(=O)O)[C@H]12. The number of carbonyl (C=O) groups is 1. The molecule has 2 heterocycles. The molecule has 18 heavy (non-hydrogen) atoms. The van der Waals surface area contributed by atoms with Gasteiger partial charge in [-0.3, -0.25) is 9.69 Å². The molecular weight excluding hydrogens is 242 g/mol. The van der Waals surface area contributed by atoms with Crippen molar-refractivity contribution in [1.29, 1.82) is 0 Å². The minimum atomic E-state index is -0.913. The summed E-state index contributed by atoms with van der Waals surface area (Å²) in [5, 5.41) is 28.1. The second-order valence-corrected chi connectivity index (χ2v) is 4.76. The Bertz CT molecular complexity index is 312. The number of hydrogen-bond acceptors (Lipinski definition) is 6. The van der Waals surface area contributed by atoms with Gasteiger partial charge >= 0.3 is 5.97 Å². The average Bonchev–Trinajstić information content (AvgIpc) is 2.74. The van der Waals surface area contributed by atoms with Crippen LogP contribution < -0.4 is 0 Å². The van der Waals surface area contributed by atoms with Crippen LogP contribution in [0.1, 0.15) is 6.42 Å². The minimum absolute atomic E-state index is 0.0963. The fraction of sp³-hybridized carbons (Fsp3) is 0.909. The molecule has 0 saturated carbocycles. The summed E-state index contributed by atoms with van der Waals surface area (Å²) in [6.45, 7) is 0.212. The van der Waals surface area contributed by atoms with Crippen molar-refractivity contribution in [3.05, 3.63) is 0 Å². The molecule has 0 aromatic heterocycles. The molecule has 2 saturated heterocycles. The number of methoxy groups -OCH3 is 1. The van der Waals surface area contributed by atoms with Gasteiger partial charge in [0.1, 0.15) is 6.10 Å². The van der Waals surface area contributed by atoms with E-state index in [-0.39, 0.29) is 25.1 Å². The van der Waals surface area contributed by atoms with E-state index in [1.54, 1.807) is 4.90 Å². The van der Waals surface area contributed by atoms with Gasteiger partial charge in [-0.05, 0) is 13.0 Å². The Morgan fingerprint density at radius 1 is 1.56 bits per heavy atom. The molecule has 0 amide bonds. The summed E-state index contributed by atoms with van der Waals surface area (Å²) in [6, 6.07) is -0.274. The molecule has 7 nitrogen and oxygen atoms in total. The van der Waals surface area contributed by atoms with Crippen LogP contribution >= 0.6 is 0 Å². The van der Waals surface area contributed by atoms with Crippen LogP contribution in [-0.2, 0) is 14.3 Å². The fourth-order valence-corrected chi connectivity index (χ4v) is 2.97. The van der Waals surface area contributed by atoms with Crippen molar-refractivity contribution in [3.8, 4) is 0 Å². The normalized spacial score (nSPS) is 40.7. The second kappa shape index (κ2) is 5.50. The predicted molar refractivity (Wildman–Crippen MR) is 59.9 cm³/mol. The maximum Gasteiger partial charge on any atom is 0.317 e. The van der Waals surface area contributed by atoms with Gasteiger partial charge < -0.3 is 24.8 Å². The molecule has 2 aliphatic rings. The highest BCUT2D eigenvalue weighted by atomic mass is 16.7. The maximum absolute atomic E-state index is 10.8. The first-order valence-corrected chi connectivity index (χ1v) is 6.01. The largest absolute Gasteiger partial charge is 0.480 e. The summed E-state index contributed by atoms with van der Waals surface area (Å²) in [7, 11) is 1.48. The van der Waals surface area contributed by atoms with Crippen LogP contribution in [0.4, 0.5) is 0 Å². The molecule has 7 heteroatoms. The van der Waals surface area contributed by atoms with E-state index in [1.165, 1.54) is 7.11 Å². The van der Waals surface area contributed by atoms with Crippen molar-refractivity contribution in [2.75, 3.05) is 26.8 Å². The van der Waals surface area contributed by atoms with Crippen molar-refractivity contribution in [1.82, 2.24) is 4.90 Å². The smallest absolute Gasteiger partial charge is 0.317 e. The summed E-state index contributed by atoms with van der Waals surface area (Å²) in [4.78, 5) is 12.5. The highest BCUT2D eigenvalue weighted by molar-refractivity contribution is 5.69. The molecular formula is C11H19NO6. The number of aliphatic hydroxyl groups is 2. The van der Waals surface area contributed by atoms with Gasteiger partial charge in [0.25, 0.3) is 0 Å². The van der Waals surface area contributed by atoms with Crippen LogP contribution in [-0.4, -0.2) is 77.5 Å². The summed E-state index contributed by atoms with van der Waals surface area (Å²) in [5.41, 5.74) is 0. The number of ether oxygens (including phenoxy) is 2. The molecule has 0 radical (unpaired) electrons. The first-order chi connectivity index (χ1) is 8.58. The quantitative estimate of drug-likeness (QED) is 0.565. The van der Waals surface area contributed by atoms with Crippen molar-refractivity contribution < 1.29 is 29.6 Å². The number of aliphatic carboxylic acids is 1. The van der Waals surface area contributed by atoms with Crippen LogP contribution in [0.2, 0.25) is 0 Å². The van der Waals surface area contributed by atoms with Crippen molar-refractivity contribution in [2.45, 2.75) is 31.0 Å². The zero-order chi connectivity index (χ0) is 13.3. The number of likely N-dealkylation sites (tertiary alicyclic amines) is 1. The first-order valence-electron chi connectivity index (χ1n) is 6.01. The third-order valence-electron chi connectivity index (χ3n) is 3.77. The molecule has 5 atom stereocenters. The van der Waals surface area contributed by atoms with E-state index in [0.717, 1.165) is 0 Å².